The van der Waals surface area contributed by atoms with Crippen LogP contribution in [0.25, 0.3) is 11.1 Å². The van der Waals surface area contributed by atoms with Crippen LogP contribution in [0, 0.1) is 0 Å². The molecule has 0 spiro atoms. The van der Waals surface area contributed by atoms with E-state index < -0.39 is 17.6 Å². The maximum Gasteiger partial charge on any atom is 0.314 e. The second-order valence-electron chi connectivity index (χ2n) is 10.9. The van der Waals surface area contributed by atoms with Gasteiger partial charge in [0.2, 0.25) is 11.8 Å². The molecule has 1 aliphatic heterocycles. The predicted octanol–water partition coefficient (Wildman–Crippen LogP) is 3.96. The number of nitrogens with two attached hydrogens (primary N) is 2. The molecule has 4 amide bonds. The zero-order chi connectivity index (χ0) is 28.2. The van der Waals surface area contributed by atoms with Crippen LogP contribution in [0.2, 0.25) is 0 Å². The summed E-state index contributed by atoms with van der Waals surface area (Å²) in [6.07, 6.45) is 1.35. The summed E-state index contributed by atoms with van der Waals surface area (Å²) in [6, 6.07) is 22.8. The SMILES string of the molecule is CN(Cc1ccccc1-c1ccc(CN2C(=O)[C@H](NC(=O)CC(C)(C)N)CCc3ccccc32)cc1)C(N)=O. The average molecular weight is 528 g/mol. The second kappa shape index (κ2) is 11.7. The quantitative estimate of drug-likeness (QED) is 0.411. The summed E-state index contributed by atoms with van der Waals surface area (Å²) < 4.78 is 0. The van der Waals surface area contributed by atoms with Crippen LogP contribution in [0.3, 0.4) is 0 Å². The molecule has 5 N–H and O–H groups in total. The summed E-state index contributed by atoms with van der Waals surface area (Å²) in [6.45, 7) is 4.36. The largest absolute Gasteiger partial charge is 0.351 e. The van der Waals surface area contributed by atoms with Crippen molar-refractivity contribution < 1.29 is 14.4 Å². The highest BCUT2D eigenvalue weighted by Gasteiger charge is 2.32. The van der Waals surface area contributed by atoms with Crippen molar-refractivity contribution in [1.29, 1.82) is 0 Å². The van der Waals surface area contributed by atoms with E-state index in [1.807, 2.05) is 72.8 Å². The zero-order valence-electron chi connectivity index (χ0n) is 22.8. The third-order valence-corrected chi connectivity index (χ3v) is 6.91. The fourth-order valence-corrected chi connectivity index (χ4v) is 4.92. The van der Waals surface area contributed by atoms with Gasteiger partial charge in [0.1, 0.15) is 6.04 Å². The summed E-state index contributed by atoms with van der Waals surface area (Å²) in [5.41, 5.74) is 16.7. The van der Waals surface area contributed by atoms with Crippen LogP contribution in [0.15, 0.2) is 72.8 Å². The number of hydrogen-bond donors (Lipinski definition) is 3. The molecular formula is C31H37N5O3. The Morgan fingerprint density at radius 1 is 1.03 bits per heavy atom. The van der Waals surface area contributed by atoms with Gasteiger partial charge >= 0.3 is 6.03 Å². The number of anilines is 1. The fraction of sp³-hybridized carbons (Fsp3) is 0.323. The lowest BCUT2D eigenvalue weighted by Crippen LogP contribution is -2.49. The summed E-state index contributed by atoms with van der Waals surface area (Å²) >= 11 is 0. The number of carbonyl (C=O) groups is 3. The Morgan fingerprint density at radius 2 is 1.69 bits per heavy atom. The highest BCUT2D eigenvalue weighted by Crippen LogP contribution is 2.30. The average Bonchev–Trinajstić information content (AvgIpc) is 3.01. The molecule has 3 aromatic rings. The normalized spacial score (nSPS) is 15.3. The maximum absolute atomic E-state index is 13.7. The van der Waals surface area contributed by atoms with Gasteiger partial charge in [-0.05, 0) is 60.6 Å². The van der Waals surface area contributed by atoms with Crippen LogP contribution >= 0.6 is 0 Å². The molecule has 0 unspecified atom stereocenters. The molecule has 8 nitrogen and oxygen atoms in total. The lowest BCUT2D eigenvalue weighted by atomic mass is 9.98. The van der Waals surface area contributed by atoms with Crippen LogP contribution < -0.4 is 21.7 Å². The van der Waals surface area contributed by atoms with Crippen LogP contribution in [0.5, 0.6) is 0 Å². The van der Waals surface area contributed by atoms with Gasteiger partial charge in [-0.15, -0.1) is 0 Å². The summed E-state index contributed by atoms with van der Waals surface area (Å²) in [4.78, 5) is 41.2. The molecule has 3 aromatic carbocycles. The number of hydrogen-bond acceptors (Lipinski definition) is 4. The fourth-order valence-electron chi connectivity index (χ4n) is 4.92. The van der Waals surface area contributed by atoms with Gasteiger partial charge in [0.15, 0.2) is 0 Å². The van der Waals surface area contributed by atoms with Gasteiger partial charge < -0.3 is 26.6 Å². The Kier molecular flexibility index (Phi) is 8.35. The molecule has 4 rings (SSSR count). The van der Waals surface area contributed by atoms with E-state index in [9.17, 15) is 14.4 Å². The van der Waals surface area contributed by atoms with E-state index in [-0.39, 0.29) is 18.2 Å². The van der Waals surface area contributed by atoms with Crippen molar-refractivity contribution >= 4 is 23.5 Å². The van der Waals surface area contributed by atoms with Crippen molar-refractivity contribution in [2.45, 2.75) is 57.8 Å². The molecule has 1 heterocycles. The molecule has 8 heteroatoms. The van der Waals surface area contributed by atoms with Crippen molar-refractivity contribution in [3.05, 3.63) is 89.5 Å². The first-order valence-corrected chi connectivity index (χ1v) is 13.2. The molecule has 1 aliphatic rings. The molecule has 0 bridgehead atoms. The number of benzene rings is 3. The van der Waals surface area contributed by atoms with E-state index in [0.717, 1.165) is 33.5 Å². The molecule has 39 heavy (non-hydrogen) atoms. The van der Waals surface area contributed by atoms with E-state index in [1.165, 1.54) is 4.90 Å². The van der Waals surface area contributed by atoms with Crippen LogP contribution in [0.1, 0.15) is 43.4 Å². The predicted molar refractivity (Wildman–Crippen MR) is 154 cm³/mol. The summed E-state index contributed by atoms with van der Waals surface area (Å²) in [5, 5.41) is 2.93. The van der Waals surface area contributed by atoms with E-state index in [1.54, 1.807) is 25.8 Å². The number of aryl methyl sites for hydroxylation is 1. The molecule has 204 valence electrons. The van der Waals surface area contributed by atoms with Gasteiger partial charge in [0.25, 0.3) is 0 Å². The number of fused-ring (bicyclic) bond motifs is 1. The third-order valence-electron chi connectivity index (χ3n) is 6.91. The number of amides is 4. The minimum atomic E-state index is -0.657. The van der Waals surface area contributed by atoms with E-state index >= 15 is 0 Å². The first-order chi connectivity index (χ1) is 18.5. The molecule has 0 aromatic heterocycles. The molecule has 0 aliphatic carbocycles. The van der Waals surface area contributed by atoms with Gasteiger partial charge in [-0.25, -0.2) is 4.79 Å². The van der Waals surface area contributed by atoms with E-state index in [0.29, 0.717) is 25.9 Å². The van der Waals surface area contributed by atoms with Crippen molar-refractivity contribution in [2.24, 2.45) is 11.5 Å². The molecule has 0 saturated heterocycles. The highest BCUT2D eigenvalue weighted by molar-refractivity contribution is 6.00. The zero-order valence-corrected chi connectivity index (χ0v) is 22.8. The van der Waals surface area contributed by atoms with Crippen LogP contribution in [-0.2, 0) is 29.1 Å². The maximum atomic E-state index is 13.7. The Bertz CT molecular complexity index is 1350. The smallest absolute Gasteiger partial charge is 0.314 e. The van der Waals surface area contributed by atoms with Crippen molar-refractivity contribution in [2.75, 3.05) is 11.9 Å². The van der Waals surface area contributed by atoms with Gasteiger partial charge in [-0.2, -0.15) is 0 Å². The number of urea groups is 1. The van der Waals surface area contributed by atoms with Crippen molar-refractivity contribution in [3.8, 4) is 11.1 Å². The van der Waals surface area contributed by atoms with Crippen molar-refractivity contribution in [1.82, 2.24) is 10.2 Å². The molecule has 1 atom stereocenters. The number of nitrogens with zero attached hydrogens (tertiary/aromatic N) is 2. The number of primary amides is 1. The number of carbonyl (C=O) groups excluding carboxylic acids is 3. The number of nitrogens with one attached hydrogen (secondary N) is 1. The minimum Gasteiger partial charge on any atom is -0.351 e. The second-order valence-corrected chi connectivity index (χ2v) is 10.9. The first-order valence-electron chi connectivity index (χ1n) is 13.2. The van der Waals surface area contributed by atoms with Gasteiger partial charge in [0, 0.05) is 31.2 Å². The van der Waals surface area contributed by atoms with Crippen LogP contribution in [0.4, 0.5) is 10.5 Å². The molecular weight excluding hydrogens is 490 g/mol. The first kappa shape index (κ1) is 27.9. The lowest BCUT2D eigenvalue weighted by Gasteiger charge is -2.27. The van der Waals surface area contributed by atoms with E-state index in [4.69, 9.17) is 11.5 Å². The van der Waals surface area contributed by atoms with Gasteiger partial charge in [-0.1, -0.05) is 66.7 Å². The third kappa shape index (κ3) is 7.03. The Morgan fingerprint density at radius 3 is 2.38 bits per heavy atom. The summed E-state index contributed by atoms with van der Waals surface area (Å²) in [7, 11) is 1.67. The highest BCUT2D eigenvalue weighted by atomic mass is 16.2. The standard InChI is InChI=1S/C31H37N5O3/c1-31(2,33)18-28(37)34-26-17-16-23-8-5-7-11-27(23)36(29(26)38)19-21-12-14-22(15-13-21)25-10-6-4-9-24(25)20-35(3)30(32)39/h4-15,26H,16-20,33H2,1-3H3,(H2,32,39)(H,34,37)/t26-/m1/s1. The molecule has 0 radical (unpaired) electrons. The minimum absolute atomic E-state index is 0.132. The Hall–Kier alpha value is -4.17. The van der Waals surface area contributed by atoms with Gasteiger partial charge in [-0.3, -0.25) is 9.59 Å². The van der Waals surface area contributed by atoms with E-state index in [2.05, 4.69) is 5.32 Å². The number of para-hydroxylation sites is 1. The van der Waals surface area contributed by atoms with Crippen LogP contribution in [-0.4, -0.2) is 41.4 Å². The summed E-state index contributed by atoms with van der Waals surface area (Å²) in [5.74, 6) is -0.358. The Labute approximate surface area is 230 Å². The van der Waals surface area contributed by atoms with Gasteiger partial charge in [0.05, 0.1) is 6.54 Å². The monoisotopic (exact) mass is 527 g/mol. The molecule has 0 saturated carbocycles. The lowest BCUT2D eigenvalue weighted by molar-refractivity contribution is -0.128. The Balaban J connectivity index is 1.57. The van der Waals surface area contributed by atoms with Crippen molar-refractivity contribution in [3.63, 3.8) is 0 Å². The topological polar surface area (TPSA) is 122 Å². The number of rotatable bonds is 8. The molecule has 0 fully saturated rings.